The summed E-state index contributed by atoms with van der Waals surface area (Å²) in [4.78, 5) is 19.6. The van der Waals surface area contributed by atoms with E-state index < -0.39 is 6.04 Å². The van der Waals surface area contributed by atoms with Gasteiger partial charge in [0.1, 0.15) is 18.5 Å². The first kappa shape index (κ1) is 16.1. The van der Waals surface area contributed by atoms with Crippen LogP contribution in [0.25, 0.3) is 11.0 Å². The number of aromatic amines is 1. The smallest absolute Gasteiger partial charge is 0.251 e. The van der Waals surface area contributed by atoms with E-state index in [0.717, 1.165) is 0 Å². The van der Waals surface area contributed by atoms with Crippen LogP contribution in [0.1, 0.15) is 60.7 Å². The lowest BCUT2D eigenvalue weighted by Gasteiger charge is -2.10. The van der Waals surface area contributed by atoms with Crippen LogP contribution in [0.3, 0.4) is 0 Å². The molecule has 2 heterocycles. The maximum absolute atomic E-state index is 12.4. The second-order valence-electron chi connectivity index (χ2n) is 5.90. The third kappa shape index (κ3) is 3.13. The van der Waals surface area contributed by atoms with Crippen molar-refractivity contribution in [1.29, 1.82) is 0 Å². The fourth-order valence-corrected chi connectivity index (χ4v) is 2.28. The molecule has 0 saturated heterocycles. The first-order chi connectivity index (χ1) is 11.5. The lowest BCUT2D eigenvalue weighted by molar-refractivity contribution is 0.0934. The number of hydrogen-bond donors (Lipinski definition) is 3. The van der Waals surface area contributed by atoms with Crippen LogP contribution in [-0.4, -0.2) is 31.2 Å². The van der Waals surface area contributed by atoms with Gasteiger partial charge in [-0.05, 0) is 25.1 Å². The number of nitrogens with zero attached hydrogens (tertiary/aromatic N) is 3. The van der Waals surface area contributed by atoms with Crippen molar-refractivity contribution in [2.45, 2.75) is 39.3 Å². The summed E-state index contributed by atoms with van der Waals surface area (Å²) < 4.78 is 5.55. The zero-order valence-corrected chi connectivity index (χ0v) is 13.7. The highest BCUT2D eigenvalue weighted by Crippen LogP contribution is 2.18. The predicted molar refractivity (Wildman–Crippen MR) is 86.3 cm³/mol. The van der Waals surface area contributed by atoms with Crippen LogP contribution in [-0.2, 0) is 6.61 Å². The number of H-pyrrole nitrogens is 1. The second-order valence-corrected chi connectivity index (χ2v) is 5.90. The number of hydrogen-bond acceptors (Lipinski definition) is 6. The number of aliphatic hydroxyl groups excluding tert-OH is 1. The van der Waals surface area contributed by atoms with E-state index in [9.17, 15) is 4.79 Å². The second kappa shape index (κ2) is 6.40. The highest BCUT2D eigenvalue weighted by Gasteiger charge is 2.18. The Labute approximate surface area is 138 Å². The lowest BCUT2D eigenvalue weighted by Crippen LogP contribution is -2.26. The van der Waals surface area contributed by atoms with E-state index in [1.54, 1.807) is 25.1 Å². The number of carbonyl (C=O) groups excluding carboxylic acids is 1. The molecule has 0 aliphatic rings. The normalized spacial score (nSPS) is 12.7. The number of carbonyl (C=O) groups is 1. The Hall–Kier alpha value is -2.74. The summed E-state index contributed by atoms with van der Waals surface area (Å²) in [7, 11) is 0. The number of fused-ring (bicyclic) bond motifs is 1. The molecule has 24 heavy (non-hydrogen) atoms. The van der Waals surface area contributed by atoms with Gasteiger partial charge in [-0.1, -0.05) is 13.8 Å². The number of amides is 1. The van der Waals surface area contributed by atoms with Gasteiger partial charge in [0.25, 0.3) is 5.91 Å². The van der Waals surface area contributed by atoms with Crippen LogP contribution in [0, 0.1) is 0 Å². The summed E-state index contributed by atoms with van der Waals surface area (Å²) in [5.74, 6) is 1.26. The van der Waals surface area contributed by atoms with Gasteiger partial charge in [-0.3, -0.25) is 4.79 Å². The molecular formula is C16H19N5O3. The molecule has 126 valence electrons. The van der Waals surface area contributed by atoms with E-state index in [1.807, 2.05) is 13.8 Å². The van der Waals surface area contributed by atoms with Crippen LogP contribution in [0.5, 0.6) is 0 Å². The Kier molecular flexibility index (Phi) is 4.30. The molecule has 1 aromatic carbocycles. The quantitative estimate of drug-likeness (QED) is 0.659. The van der Waals surface area contributed by atoms with Crippen LogP contribution in [0.2, 0.25) is 0 Å². The maximum Gasteiger partial charge on any atom is 0.251 e. The molecule has 3 rings (SSSR count). The molecule has 3 aromatic rings. The fourth-order valence-electron chi connectivity index (χ4n) is 2.28. The highest BCUT2D eigenvalue weighted by molar-refractivity contribution is 5.97. The first-order valence-electron chi connectivity index (χ1n) is 7.71. The van der Waals surface area contributed by atoms with Crippen molar-refractivity contribution in [3.05, 3.63) is 41.4 Å². The molecule has 0 aliphatic carbocycles. The Morgan fingerprint density at radius 2 is 2.04 bits per heavy atom. The van der Waals surface area contributed by atoms with E-state index in [1.165, 1.54) is 0 Å². The van der Waals surface area contributed by atoms with Crippen molar-refractivity contribution >= 4 is 16.9 Å². The minimum Gasteiger partial charge on any atom is -0.423 e. The van der Waals surface area contributed by atoms with E-state index >= 15 is 0 Å². The van der Waals surface area contributed by atoms with Gasteiger partial charge in [0.15, 0.2) is 0 Å². The summed E-state index contributed by atoms with van der Waals surface area (Å²) in [6, 6.07) is 4.70. The molecular weight excluding hydrogens is 310 g/mol. The SMILES string of the molecule is CC(C)c1nnc([C@H](C)NC(=O)c2ccc3nc(CO)[nH]c3c2)o1. The van der Waals surface area contributed by atoms with E-state index in [2.05, 4.69) is 25.5 Å². The average molecular weight is 329 g/mol. The molecule has 0 spiro atoms. The number of rotatable bonds is 5. The molecule has 1 amide bonds. The van der Waals surface area contributed by atoms with Gasteiger partial charge in [-0.25, -0.2) is 4.98 Å². The monoisotopic (exact) mass is 329 g/mol. The van der Waals surface area contributed by atoms with Gasteiger partial charge in [-0.15, -0.1) is 10.2 Å². The van der Waals surface area contributed by atoms with Crippen LogP contribution >= 0.6 is 0 Å². The van der Waals surface area contributed by atoms with Crippen molar-refractivity contribution in [2.24, 2.45) is 0 Å². The molecule has 1 atom stereocenters. The predicted octanol–water partition coefficient (Wildman–Crippen LogP) is 2.05. The summed E-state index contributed by atoms with van der Waals surface area (Å²) in [5, 5.41) is 19.9. The van der Waals surface area contributed by atoms with Gasteiger partial charge in [0.2, 0.25) is 11.8 Å². The number of aromatic nitrogens is 4. The van der Waals surface area contributed by atoms with Crippen molar-refractivity contribution in [3.8, 4) is 0 Å². The Morgan fingerprint density at radius 1 is 1.29 bits per heavy atom. The number of nitrogens with one attached hydrogen (secondary N) is 2. The molecule has 0 fully saturated rings. The standard InChI is InChI=1S/C16H19N5O3/c1-8(2)15-20-21-16(24-15)9(3)17-14(23)10-4-5-11-12(6-10)19-13(7-22)18-11/h4-6,8-9,22H,7H2,1-3H3,(H,17,23)(H,18,19)/t9-/m0/s1. The zero-order chi connectivity index (χ0) is 17.3. The number of imidazole rings is 1. The van der Waals surface area contributed by atoms with Gasteiger partial charge < -0.3 is 19.8 Å². The summed E-state index contributed by atoms with van der Waals surface area (Å²) in [5.41, 5.74) is 1.87. The fraction of sp³-hybridized carbons (Fsp3) is 0.375. The van der Waals surface area contributed by atoms with Crippen LogP contribution < -0.4 is 5.32 Å². The van der Waals surface area contributed by atoms with Gasteiger partial charge >= 0.3 is 0 Å². The molecule has 8 heteroatoms. The topological polar surface area (TPSA) is 117 Å². The van der Waals surface area contributed by atoms with Crippen LogP contribution in [0.4, 0.5) is 0 Å². The Bertz CT molecular complexity index is 868. The summed E-state index contributed by atoms with van der Waals surface area (Å²) >= 11 is 0. The van der Waals surface area contributed by atoms with Gasteiger partial charge in [-0.2, -0.15) is 0 Å². The molecule has 0 aliphatic heterocycles. The lowest BCUT2D eigenvalue weighted by atomic mass is 10.1. The first-order valence-corrected chi connectivity index (χ1v) is 7.71. The third-order valence-corrected chi connectivity index (χ3v) is 3.61. The van der Waals surface area contributed by atoms with Crippen molar-refractivity contribution < 1.29 is 14.3 Å². The third-order valence-electron chi connectivity index (χ3n) is 3.61. The molecule has 3 N–H and O–H groups in total. The molecule has 2 aromatic heterocycles. The Balaban J connectivity index is 1.75. The minimum absolute atomic E-state index is 0.137. The highest BCUT2D eigenvalue weighted by atomic mass is 16.4. The summed E-state index contributed by atoms with van der Waals surface area (Å²) in [6.45, 7) is 5.53. The van der Waals surface area contributed by atoms with E-state index in [0.29, 0.717) is 34.2 Å². The van der Waals surface area contributed by atoms with E-state index in [4.69, 9.17) is 9.52 Å². The largest absolute Gasteiger partial charge is 0.423 e. The molecule has 0 unspecified atom stereocenters. The van der Waals surface area contributed by atoms with Crippen molar-refractivity contribution in [3.63, 3.8) is 0 Å². The number of benzene rings is 1. The summed E-state index contributed by atoms with van der Waals surface area (Å²) in [6.07, 6.45) is 0. The van der Waals surface area contributed by atoms with E-state index in [-0.39, 0.29) is 18.4 Å². The molecule has 8 nitrogen and oxygen atoms in total. The molecule has 0 radical (unpaired) electrons. The van der Waals surface area contributed by atoms with Gasteiger partial charge in [0.05, 0.1) is 11.0 Å². The molecule has 0 bridgehead atoms. The maximum atomic E-state index is 12.4. The van der Waals surface area contributed by atoms with Gasteiger partial charge in [0, 0.05) is 11.5 Å². The Morgan fingerprint density at radius 3 is 2.71 bits per heavy atom. The molecule has 0 saturated carbocycles. The number of aliphatic hydroxyl groups is 1. The minimum atomic E-state index is -0.400. The average Bonchev–Trinajstić information content (AvgIpc) is 3.20. The van der Waals surface area contributed by atoms with Crippen LogP contribution in [0.15, 0.2) is 22.6 Å². The van der Waals surface area contributed by atoms with Crippen molar-refractivity contribution in [1.82, 2.24) is 25.5 Å². The van der Waals surface area contributed by atoms with Crippen molar-refractivity contribution in [2.75, 3.05) is 0 Å². The zero-order valence-electron chi connectivity index (χ0n) is 13.7.